The molecule has 0 saturated heterocycles. The van der Waals surface area contributed by atoms with Crippen molar-refractivity contribution < 1.29 is 13.9 Å². The third-order valence-electron chi connectivity index (χ3n) is 4.90. The van der Waals surface area contributed by atoms with Gasteiger partial charge in [0.2, 0.25) is 5.91 Å². The highest BCUT2D eigenvalue weighted by molar-refractivity contribution is 7.99. The number of rotatable bonds is 10. The van der Waals surface area contributed by atoms with Gasteiger partial charge in [0.1, 0.15) is 11.5 Å². The van der Waals surface area contributed by atoms with E-state index in [4.69, 9.17) is 9.15 Å². The van der Waals surface area contributed by atoms with Crippen molar-refractivity contribution in [3.05, 3.63) is 84.3 Å². The van der Waals surface area contributed by atoms with Gasteiger partial charge in [0, 0.05) is 12.1 Å². The zero-order valence-electron chi connectivity index (χ0n) is 17.7. The first-order chi connectivity index (χ1) is 15.7. The molecule has 8 heteroatoms. The highest BCUT2D eigenvalue weighted by Crippen LogP contribution is 2.26. The molecule has 0 aliphatic carbocycles. The van der Waals surface area contributed by atoms with E-state index in [2.05, 4.69) is 32.2 Å². The minimum absolute atomic E-state index is 0.0880. The van der Waals surface area contributed by atoms with Gasteiger partial charge < -0.3 is 19.0 Å². The molecule has 1 amide bonds. The van der Waals surface area contributed by atoms with Crippen LogP contribution in [0.5, 0.6) is 5.75 Å². The predicted molar refractivity (Wildman–Crippen MR) is 123 cm³/mol. The van der Waals surface area contributed by atoms with E-state index in [1.54, 1.807) is 19.4 Å². The molecule has 0 saturated carbocycles. The van der Waals surface area contributed by atoms with Gasteiger partial charge >= 0.3 is 0 Å². The van der Waals surface area contributed by atoms with Gasteiger partial charge in [0.15, 0.2) is 11.0 Å². The van der Waals surface area contributed by atoms with Crippen LogP contribution >= 0.6 is 11.8 Å². The Kier molecular flexibility index (Phi) is 7.24. The number of ether oxygens (including phenoxy) is 1. The number of hydrogen-bond donors (Lipinski definition) is 1. The number of aryl methyl sites for hydroxylation is 1. The zero-order valence-corrected chi connectivity index (χ0v) is 18.5. The molecule has 0 atom stereocenters. The summed E-state index contributed by atoms with van der Waals surface area (Å²) in [6.45, 7) is 1.07. The molecular weight excluding hydrogens is 424 g/mol. The highest BCUT2D eigenvalue weighted by atomic mass is 32.2. The van der Waals surface area contributed by atoms with Crippen LogP contribution in [0.2, 0.25) is 0 Å². The Bertz CT molecular complexity index is 1130. The zero-order chi connectivity index (χ0) is 22.2. The summed E-state index contributed by atoms with van der Waals surface area (Å²) in [6.07, 6.45) is 2.42. The molecule has 7 nitrogen and oxygen atoms in total. The van der Waals surface area contributed by atoms with Gasteiger partial charge in [-0.05, 0) is 48.4 Å². The maximum absolute atomic E-state index is 12.3. The molecule has 0 unspecified atom stereocenters. The SMILES string of the molecule is COc1ccc(-c2nnc(SCC(=O)NCc3ccco3)n2CCc2ccccc2)cc1. The Morgan fingerprint density at radius 2 is 1.88 bits per heavy atom. The average molecular weight is 449 g/mol. The van der Waals surface area contributed by atoms with Crippen molar-refractivity contribution in [3.63, 3.8) is 0 Å². The summed E-state index contributed by atoms with van der Waals surface area (Å²) in [5, 5.41) is 12.4. The predicted octanol–water partition coefficient (Wildman–Crippen LogP) is 4.20. The molecule has 0 fully saturated rings. The second kappa shape index (κ2) is 10.7. The molecule has 2 aromatic heterocycles. The van der Waals surface area contributed by atoms with Gasteiger partial charge in [0.05, 0.1) is 25.7 Å². The molecular formula is C24H24N4O3S. The molecule has 2 heterocycles. The normalized spacial score (nSPS) is 10.8. The van der Waals surface area contributed by atoms with E-state index in [0.717, 1.165) is 29.3 Å². The van der Waals surface area contributed by atoms with Crippen molar-refractivity contribution in [2.75, 3.05) is 12.9 Å². The lowest BCUT2D eigenvalue weighted by Gasteiger charge is -2.11. The first-order valence-corrected chi connectivity index (χ1v) is 11.2. The number of methoxy groups -OCH3 is 1. The van der Waals surface area contributed by atoms with Crippen LogP contribution in [0.25, 0.3) is 11.4 Å². The third-order valence-corrected chi connectivity index (χ3v) is 5.87. The van der Waals surface area contributed by atoms with E-state index in [-0.39, 0.29) is 11.7 Å². The first-order valence-electron chi connectivity index (χ1n) is 10.3. The van der Waals surface area contributed by atoms with E-state index in [1.165, 1.54) is 17.3 Å². The van der Waals surface area contributed by atoms with Crippen molar-refractivity contribution in [1.82, 2.24) is 20.1 Å². The summed E-state index contributed by atoms with van der Waals surface area (Å²) in [5.41, 5.74) is 2.18. The average Bonchev–Trinajstić information content (AvgIpc) is 3.51. The molecule has 0 aliphatic rings. The van der Waals surface area contributed by atoms with Gasteiger partial charge in [-0.2, -0.15) is 0 Å². The molecule has 4 aromatic rings. The van der Waals surface area contributed by atoms with E-state index < -0.39 is 0 Å². The fourth-order valence-corrected chi connectivity index (χ4v) is 4.01. The van der Waals surface area contributed by atoms with Crippen molar-refractivity contribution in [2.24, 2.45) is 0 Å². The lowest BCUT2D eigenvalue weighted by atomic mass is 10.1. The summed E-state index contributed by atoms with van der Waals surface area (Å²) in [5.74, 6) is 2.42. The van der Waals surface area contributed by atoms with Crippen molar-refractivity contribution in [1.29, 1.82) is 0 Å². The monoisotopic (exact) mass is 448 g/mol. The van der Waals surface area contributed by atoms with Gasteiger partial charge in [-0.25, -0.2) is 0 Å². The third kappa shape index (κ3) is 5.59. The number of hydrogen-bond acceptors (Lipinski definition) is 6. The van der Waals surface area contributed by atoms with Crippen molar-refractivity contribution in [3.8, 4) is 17.1 Å². The van der Waals surface area contributed by atoms with Gasteiger partial charge in [-0.15, -0.1) is 10.2 Å². The molecule has 1 N–H and O–H groups in total. The molecule has 164 valence electrons. The lowest BCUT2D eigenvalue weighted by molar-refractivity contribution is -0.118. The molecule has 0 bridgehead atoms. The number of furan rings is 1. The fraction of sp³-hybridized carbons (Fsp3) is 0.208. The Balaban J connectivity index is 1.48. The van der Waals surface area contributed by atoms with Crippen LogP contribution in [0.1, 0.15) is 11.3 Å². The summed E-state index contributed by atoms with van der Waals surface area (Å²) in [7, 11) is 1.64. The largest absolute Gasteiger partial charge is 0.497 e. The number of amides is 1. The van der Waals surface area contributed by atoms with E-state index in [0.29, 0.717) is 18.2 Å². The van der Waals surface area contributed by atoms with Crippen LogP contribution in [-0.4, -0.2) is 33.5 Å². The number of aromatic nitrogens is 3. The maximum atomic E-state index is 12.3. The van der Waals surface area contributed by atoms with Crippen LogP contribution in [-0.2, 0) is 24.3 Å². The Morgan fingerprint density at radius 1 is 1.06 bits per heavy atom. The minimum Gasteiger partial charge on any atom is -0.497 e. The van der Waals surface area contributed by atoms with Crippen LogP contribution in [0.15, 0.2) is 82.6 Å². The van der Waals surface area contributed by atoms with Gasteiger partial charge in [-0.1, -0.05) is 42.1 Å². The quantitative estimate of drug-likeness (QED) is 0.366. The molecule has 0 radical (unpaired) electrons. The molecule has 32 heavy (non-hydrogen) atoms. The number of nitrogens with zero attached hydrogens (tertiary/aromatic N) is 3. The molecule has 0 aliphatic heterocycles. The Labute approximate surface area is 190 Å². The second-order valence-corrected chi connectivity index (χ2v) is 8.01. The number of carbonyl (C=O) groups excluding carboxylic acids is 1. The van der Waals surface area contributed by atoms with Gasteiger partial charge in [-0.3, -0.25) is 4.79 Å². The molecule has 2 aromatic carbocycles. The molecule has 0 spiro atoms. The van der Waals surface area contributed by atoms with Crippen LogP contribution in [0, 0.1) is 0 Å². The Hall–Kier alpha value is -3.52. The first kappa shape index (κ1) is 21.7. The van der Waals surface area contributed by atoms with Crippen molar-refractivity contribution in [2.45, 2.75) is 24.7 Å². The number of carbonyl (C=O) groups is 1. The summed E-state index contributed by atoms with van der Waals surface area (Å²) in [6, 6.07) is 21.6. The van der Waals surface area contributed by atoms with E-state index in [1.807, 2.05) is 48.5 Å². The topological polar surface area (TPSA) is 82.2 Å². The smallest absolute Gasteiger partial charge is 0.230 e. The number of thioether (sulfide) groups is 1. The highest BCUT2D eigenvalue weighted by Gasteiger charge is 2.16. The second-order valence-electron chi connectivity index (χ2n) is 7.07. The number of nitrogens with one attached hydrogen (secondary N) is 1. The molecule has 4 rings (SSSR count). The van der Waals surface area contributed by atoms with Crippen LogP contribution in [0.3, 0.4) is 0 Å². The van der Waals surface area contributed by atoms with Crippen LogP contribution < -0.4 is 10.1 Å². The van der Waals surface area contributed by atoms with Gasteiger partial charge in [0.25, 0.3) is 0 Å². The van der Waals surface area contributed by atoms with E-state index in [9.17, 15) is 4.79 Å². The Morgan fingerprint density at radius 3 is 2.59 bits per heavy atom. The summed E-state index contributed by atoms with van der Waals surface area (Å²) < 4.78 is 12.6. The lowest BCUT2D eigenvalue weighted by Crippen LogP contribution is -2.24. The van der Waals surface area contributed by atoms with E-state index >= 15 is 0 Å². The maximum Gasteiger partial charge on any atom is 0.230 e. The van der Waals surface area contributed by atoms with Crippen molar-refractivity contribution >= 4 is 17.7 Å². The summed E-state index contributed by atoms with van der Waals surface area (Å²) in [4.78, 5) is 12.3. The number of benzene rings is 2. The minimum atomic E-state index is -0.0880. The standard InChI is InChI=1S/C24H24N4O3S/c1-30-20-11-9-19(10-12-20)23-26-27-24(28(23)14-13-18-6-3-2-4-7-18)32-17-22(29)25-16-21-8-5-15-31-21/h2-12,15H,13-14,16-17H2,1H3,(H,25,29). The fourth-order valence-electron chi connectivity index (χ4n) is 3.22. The summed E-state index contributed by atoms with van der Waals surface area (Å²) >= 11 is 1.37. The van der Waals surface area contributed by atoms with Crippen LogP contribution in [0.4, 0.5) is 0 Å².